The average Bonchev–Trinajstić information content (AvgIpc) is 3.28. The van der Waals surface area contributed by atoms with Crippen LogP contribution in [-0.2, 0) is 22.6 Å². The number of rotatable bonds is 3. The van der Waals surface area contributed by atoms with Gasteiger partial charge in [0, 0.05) is 42.0 Å². The molecule has 0 radical (unpaired) electrons. The second-order valence-corrected chi connectivity index (χ2v) is 7.96. The molecule has 2 aromatic carbocycles. The minimum Gasteiger partial charge on any atom is -0.487 e. The van der Waals surface area contributed by atoms with Gasteiger partial charge in [-0.15, -0.1) is 0 Å². The van der Waals surface area contributed by atoms with Gasteiger partial charge in [0.05, 0.1) is 17.8 Å². The summed E-state index contributed by atoms with van der Waals surface area (Å²) >= 11 is 0. The zero-order valence-corrected chi connectivity index (χ0v) is 16.1. The Bertz CT molecular complexity index is 1000. The summed E-state index contributed by atoms with van der Waals surface area (Å²) in [6.45, 7) is 2.62. The number of carbonyl (C=O) groups excluding carboxylic acids is 1. The molecule has 5 rings (SSSR count). The summed E-state index contributed by atoms with van der Waals surface area (Å²) in [7, 11) is 0. The van der Waals surface area contributed by atoms with Crippen LogP contribution in [-0.4, -0.2) is 52.9 Å². The highest BCUT2D eigenvalue weighted by Crippen LogP contribution is 2.41. The molecule has 2 aromatic rings. The Kier molecular flexibility index (Phi) is 4.62. The van der Waals surface area contributed by atoms with E-state index in [2.05, 4.69) is 22.3 Å². The van der Waals surface area contributed by atoms with Crippen molar-refractivity contribution in [1.82, 2.24) is 4.90 Å². The van der Waals surface area contributed by atoms with Gasteiger partial charge in [0.15, 0.2) is 0 Å². The number of anilines is 1. The molecule has 3 N–H and O–H groups in total. The van der Waals surface area contributed by atoms with Crippen molar-refractivity contribution in [3.8, 4) is 0 Å². The zero-order chi connectivity index (χ0) is 20.0. The van der Waals surface area contributed by atoms with Gasteiger partial charge in [-0.05, 0) is 24.5 Å². The minimum atomic E-state index is -0.660. The number of hydrogen-bond acceptors (Lipinski definition) is 5. The topological polar surface area (TPSA) is 82.0 Å². The molecule has 0 unspecified atom stereocenters. The van der Waals surface area contributed by atoms with Crippen molar-refractivity contribution in [3.05, 3.63) is 64.7 Å². The first-order valence-corrected chi connectivity index (χ1v) is 10.1. The Morgan fingerprint density at radius 2 is 1.97 bits per heavy atom. The van der Waals surface area contributed by atoms with Crippen molar-refractivity contribution in [2.24, 2.45) is 0 Å². The van der Waals surface area contributed by atoms with E-state index < -0.39 is 12.2 Å². The lowest BCUT2D eigenvalue weighted by atomic mass is 9.98. The number of nitrogens with zero attached hydrogens (tertiary/aromatic N) is 1. The Morgan fingerprint density at radius 1 is 1.10 bits per heavy atom. The number of carbonyl (C=O) groups is 1. The smallest absolute Gasteiger partial charge is 0.260 e. The Labute approximate surface area is 169 Å². The van der Waals surface area contributed by atoms with E-state index in [1.807, 2.05) is 30.3 Å². The van der Waals surface area contributed by atoms with Crippen LogP contribution in [0, 0.1) is 0 Å². The van der Waals surface area contributed by atoms with Crippen LogP contribution in [0.5, 0.6) is 0 Å². The van der Waals surface area contributed by atoms with Crippen LogP contribution >= 0.6 is 0 Å². The predicted molar refractivity (Wildman–Crippen MR) is 110 cm³/mol. The number of amides is 1. The second kappa shape index (κ2) is 7.30. The fourth-order valence-corrected chi connectivity index (χ4v) is 4.40. The lowest BCUT2D eigenvalue weighted by molar-refractivity contribution is -0.110. The van der Waals surface area contributed by atoms with E-state index in [-0.39, 0.29) is 5.91 Å². The van der Waals surface area contributed by atoms with Crippen molar-refractivity contribution < 1.29 is 19.7 Å². The molecule has 3 heterocycles. The van der Waals surface area contributed by atoms with Gasteiger partial charge in [-0.3, -0.25) is 4.79 Å². The third-order valence-corrected chi connectivity index (χ3v) is 6.03. The van der Waals surface area contributed by atoms with Gasteiger partial charge in [0.25, 0.3) is 5.91 Å². The first-order chi connectivity index (χ1) is 14.1. The summed E-state index contributed by atoms with van der Waals surface area (Å²) in [6.07, 6.45) is 0.213. The predicted octanol–water partition coefficient (Wildman–Crippen LogP) is 2.01. The monoisotopic (exact) mass is 392 g/mol. The average molecular weight is 392 g/mol. The first-order valence-electron chi connectivity index (χ1n) is 10.1. The number of likely N-dealkylation sites (tertiary alicyclic amines) is 1. The first kappa shape index (κ1) is 18.4. The fourth-order valence-electron chi connectivity index (χ4n) is 4.40. The number of benzene rings is 2. The molecule has 3 aliphatic heterocycles. The van der Waals surface area contributed by atoms with E-state index in [4.69, 9.17) is 4.74 Å². The summed E-state index contributed by atoms with van der Waals surface area (Å²) < 4.78 is 5.96. The molecule has 0 spiro atoms. The number of para-hydroxylation sites is 1. The maximum Gasteiger partial charge on any atom is 0.260 e. The fraction of sp³-hybridized carbons (Fsp3) is 0.348. The normalized spacial score (nSPS) is 26.1. The molecule has 0 saturated carbocycles. The second-order valence-electron chi connectivity index (χ2n) is 7.96. The van der Waals surface area contributed by atoms with Crippen LogP contribution < -0.4 is 5.32 Å². The molecule has 6 heteroatoms. The number of fused-ring (bicyclic) bond motifs is 2. The van der Waals surface area contributed by atoms with Crippen LogP contribution in [0.25, 0.3) is 11.3 Å². The SMILES string of the molecule is O=C1Nc2ccccc2/C1=C1\OCc2cc(CCN3CC[C@H](O)[C@@H](O)C3)ccc21. The van der Waals surface area contributed by atoms with Crippen molar-refractivity contribution in [2.45, 2.75) is 31.7 Å². The van der Waals surface area contributed by atoms with Gasteiger partial charge < -0.3 is 25.2 Å². The number of hydrogen-bond donors (Lipinski definition) is 3. The Morgan fingerprint density at radius 3 is 2.83 bits per heavy atom. The molecule has 6 nitrogen and oxygen atoms in total. The molecule has 0 aliphatic carbocycles. The van der Waals surface area contributed by atoms with Crippen molar-refractivity contribution in [1.29, 1.82) is 0 Å². The molecule has 1 saturated heterocycles. The van der Waals surface area contributed by atoms with E-state index in [1.165, 1.54) is 5.56 Å². The minimum absolute atomic E-state index is 0.121. The number of nitrogens with one attached hydrogen (secondary N) is 1. The lowest BCUT2D eigenvalue weighted by Crippen LogP contribution is -2.47. The third-order valence-electron chi connectivity index (χ3n) is 6.03. The van der Waals surface area contributed by atoms with Gasteiger partial charge in [0.2, 0.25) is 0 Å². The van der Waals surface area contributed by atoms with Crippen LogP contribution in [0.2, 0.25) is 0 Å². The summed E-state index contributed by atoms with van der Waals surface area (Å²) in [4.78, 5) is 14.7. The number of β-amino-alcohol motifs (C(OH)–C–C–N with tert-alkyl or cyclic N) is 1. The standard InChI is InChI=1S/C23H24N2O4/c26-19-8-10-25(12-20(19)27)9-7-14-5-6-16-15(11-14)13-29-22(16)21-17-3-1-2-4-18(17)24-23(21)28/h1-6,11,19-20,26-27H,7-10,12-13H2,(H,24,28)/b22-21+/t19-,20-/m0/s1. The van der Waals surface area contributed by atoms with Crippen LogP contribution in [0.4, 0.5) is 5.69 Å². The highest BCUT2D eigenvalue weighted by atomic mass is 16.5. The Balaban J connectivity index is 1.35. The van der Waals surface area contributed by atoms with Gasteiger partial charge in [-0.2, -0.15) is 0 Å². The summed E-state index contributed by atoms with van der Waals surface area (Å²) in [5.41, 5.74) is 5.59. The van der Waals surface area contributed by atoms with Gasteiger partial charge in [0.1, 0.15) is 12.4 Å². The summed E-state index contributed by atoms with van der Waals surface area (Å²) in [5, 5.41) is 22.4. The molecule has 1 fully saturated rings. The van der Waals surface area contributed by atoms with Crippen molar-refractivity contribution in [2.75, 3.05) is 25.0 Å². The molecular formula is C23H24N2O4. The van der Waals surface area contributed by atoms with E-state index in [0.29, 0.717) is 30.9 Å². The number of piperidine rings is 1. The molecule has 3 aliphatic rings. The quantitative estimate of drug-likeness (QED) is 0.696. The van der Waals surface area contributed by atoms with Crippen LogP contribution in [0.1, 0.15) is 28.7 Å². The number of ether oxygens (including phenoxy) is 1. The summed E-state index contributed by atoms with van der Waals surface area (Å²) in [5.74, 6) is 0.533. The maximum absolute atomic E-state index is 12.5. The molecular weight excluding hydrogens is 368 g/mol. The molecule has 29 heavy (non-hydrogen) atoms. The van der Waals surface area contributed by atoms with Crippen LogP contribution in [0.3, 0.4) is 0 Å². The Hall–Kier alpha value is -2.67. The van der Waals surface area contributed by atoms with Gasteiger partial charge in [-0.25, -0.2) is 0 Å². The maximum atomic E-state index is 12.5. The third kappa shape index (κ3) is 3.33. The lowest BCUT2D eigenvalue weighted by Gasteiger charge is -2.33. The molecule has 1 amide bonds. The molecule has 2 atom stereocenters. The van der Waals surface area contributed by atoms with Crippen molar-refractivity contribution in [3.63, 3.8) is 0 Å². The number of aliphatic hydroxyl groups is 2. The molecule has 0 aromatic heterocycles. The van der Waals surface area contributed by atoms with Gasteiger partial charge in [-0.1, -0.05) is 36.4 Å². The highest BCUT2D eigenvalue weighted by Gasteiger charge is 2.32. The van der Waals surface area contributed by atoms with Crippen LogP contribution in [0.15, 0.2) is 42.5 Å². The van der Waals surface area contributed by atoms with E-state index >= 15 is 0 Å². The van der Waals surface area contributed by atoms with E-state index in [9.17, 15) is 15.0 Å². The zero-order valence-electron chi connectivity index (χ0n) is 16.1. The van der Waals surface area contributed by atoms with Crippen molar-refractivity contribution >= 4 is 22.9 Å². The van der Waals surface area contributed by atoms with Gasteiger partial charge >= 0.3 is 0 Å². The van der Waals surface area contributed by atoms with E-state index in [0.717, 1.165) is 41.9 Å². The summed E-state index contributed by atoms with van der Waals surface area (Å²) in [6, 6.07) is 14.0. The van der Waals surface area contributed by atoms with E-state index in [1.54, 1.807) is 0 Å². The molecule has 150 valence electrons. The molecule has 0 bridgehead atoms. The highest BCUT2D eigenvalue weighted by molar-refractivity contribution is 6.36. The largest absolute Gasteiger partial charge is 0.487 e. The number of aliphatic hydroxyl groups excluding tert-OH is 2.